The van der Waals surface area contributed by atoms with Gasteiger partial charge >= 0.3 is 0 Å². The van der Waals surface area contributed by atoms with Gasteiger partial charge < -0.3 is 14.7 Å². The van der Waals surface area contributed by atoms with Crippen molar-refractivity contribution >= 4 is 11.8 Å². The van der Waals surface area contributed by atoms with E-state index in [9.17, 15) is 9.59 Å². The molecule has 0 bridgehead atoms. The van der Waals surface area contributed by atoms with Gasteiger partial charge in [0.2, 0.25) is 11.8 Å². The summed E-state index contributed by atoms with van der Waals surface area (Å²) in [5, 5.41) is 13.9. The molecule has 0 radical (unpaired) electrons. The van der Waals surface area contributed by atoms with Crippen molar-refractivity contribution in [3.8, 4) is 0 Å². The van der Waals surface area contributed by atoms with Crippen LogP contribution in [0.1, 0.15) is 54.6 Å². The lowest BCUT2D eigenvalue weighted by Gasteiger charge is -2.26. The molecular formula is C19H26N6O3. The Morgan fingerprint density at radius 1 is 1.39 bits per heavy atom. The number of carbonyl (C=O) groups excluding carboxylic acids is 2. The highest BCUT2D eigenvalue weighted by molar-refractivity contribution is 5.92. The third kappa shape index (κ3) is 3.08. The second kappa shape index (κ2) is 6.72. The number of aromatic amines is 1. The summed E-state index contributed by atoms with van der Waals surface area (Å²) in [5.41, 5.74) is 0.813. The van der Waals surface area contributed by atoms with Gasteiger partial charge in [-0.2, -0.15) is 10.1 Å². The first-order valence-corrected chi connectivity index (χ1v) is 9.71. The van der Waals surface area contributed by atoms with E-state index in [2.05, 4.69) is 25.7 Å². The summed E-state index contributed by atoms with van der Waals surface area (Å²) in [6, 6.07) is 1.70. The fourth-order valence-electron chi connectivity index (χ4n) is 4.64. The summed E-state index contributed by atoms with van der Waals surface area (Å²) in [5.74, 6) is 1.21. The lowest BCUT2D eigenvalue weighted by molar-refractivity contribution is -0.133. The van der Waals surface area contributed by atoms with Crippen LogP contribution in [-0.2, 0) is 10.2 Å². The van der Waals surface area contributed by atoms with Crippen molar-refractivity contribution in [3.05, 3.63) is 29.2 Å². The van der Waals surface area contributed by atoms with Crippen LogP contribution in [0.3, 0.4) is 0 Å². The largest absolute Gasteiger partial charge is 0.348 e. The molecule has 0 unspecified atom stereocenters. The second-order valence-corrected chi connectivity index (χ2v) is 8.42. The first kappa shape index (κ1) is 18.6. The van der Waals surface area contributed by atoms with Gasteiger partial charge in [-0.05, 0) is 38.7 Å². The van der Waals surface area contributed by atoms with Gasteiger partial charge in [-0.15, -0.1) is 0 Å². The number of nitrogens with one attached hydrogen (secondary N) is 2. The molecule has 2 aliphatic rings. The van der Waals surface area contributed by atoms with Crippen molar-refractivity contribution in [2.45, 2.75) is 52.0 Å². The number of nitrogens with zero attached hydrogens (tertiary/aromatic N) is 4. The minimum Gasteiger partial charge on any atom is -0.348 e. The van der Waals surface area contributed by atoms with Crippen molar-refractivity contribution in [3.63, 3.8) is 0 Å². The van der Waals surface area contributed by atoms with Crippen molar-refractivity contribution in [2.75, 3.05) is 13.1 Å². The number of amides is 2. The Morgan fingerprint density at radius 2 is 2.18 bits per heavy atom. The zero-order chi connectivity index (χ0) is 20.1. The number of carbonyl (C=O) groups is 2. The van der Waals surface area contributed by atoms with Gasteiger partial charge in [0.15, 0.2) is 5.82 Å². The van der Waals surface area contributed by atoms with Crippen molar-refractivity contribution in [2.24, 2.45) is 11.8 Å². The second-order valence-electron chi connectivity index (χ2n) is 8.42. The highest BCUT2D eigenvalue weighted by atomic mass is 16.5. The normalized spacial score (nSPS) is 26.7. The van der Waals surface area contributed by atoms with Gasteiger partial charge in [0.1, 0.15) is 5.69 Å². The first-order valence-electron chi connectivity index (χ1n) is 9.71. The van der Waals surface area contributed by atoms with Gasteiger partial charge in [-0.1, -0.05) is 19.0 Å². The summed E-state index contributed by atoms with van der Waals surface area (Å²) in [6.45, 7) is 8.66. The van der Waals surface area contributed by atoms with Crippen LogP contribution >= 0.6 is 0 Å². The average Bonchev–Trinajstić information content (AvgIpc) is 3.37. The number of rotatable bonds is 4. The fourth-order valence-corrected chi connectivity index (χ4v) is 4.64. The predicted octanol–water partition coefficient (Wildman–Crippen LogP) is 1.35. The molecule has 1 aliphatic carbocycles. The molecule has 9 nitrogen and oxygen atoms in total. The quantitative estimate of drug-likeness (QED) is 0.819. The Kier molecular flexibility index (Phi) is 4.47. The lowest BCUT2D eigenvalue weighted by Crippen LogP contribution is -2.40. The van der Waals surface area contributed by atoms with Gasteiger partial charge in [-0.3, -0.25) is 14.7 Å². The summed E-state index contributed by atoms with van der Waals surface area (Å²) in [6.07, 6.45) is 1.43. The average molecular weight is 386 g/mol. The molecule has 0 aromatic carbocycles. The van der Waals surface area contributed by atoms with Crippen LogP contribution < -0.4 is 5.32 Å². The molecule has 2 amide bonds. The van der Waals surface area contributed by atoms with Crippen molar-refractivity contribution < 1.29 is 14.1 Å². The maximum absolute atomic E-state index is 12.6. The highest BCUT2D eigenvalue weighted by Crippen LogP contribution is 2.50. The van der Waals surface area contributed by atoms with E-state index in [1.165, 1.54) is 0 Å². The van der Waals surface area contributed by atoms with Crippen LogP contribution in [0.5, 0.6) is 0 Å². The van der Waals surface area contributed by atoms with E-state index in [0.717, 1.165) is 12.1 Å². The molecule has 2 aromatic rings. The van der Waals surface area contributed by atoms with Crippen LogP contribution in [0.25, 0.3) is 0 Å². The molecule has 2 N–H and O–H groups in total. The molecule has 3 atom stereocenters. The zero-order valence-electron chi connectivity index (χ0n) is 16.7. The molecule has 1 saturated heterocycles. The first-order chi connectivity index (χ1) is 13.3. The molecule has 0 spiro atoms. The monoisotopic (exact) mass is 386 g/mol. The van der Waals surface area contributed by atoms with Crippen molar-refractivity contribution in [1.82, 2.24) is 30.6 Å². The Balaban J connectivity index is 1.56. The summed E-state index contributed by atoms with van der Waals surface area (Å²) in [4.78, 5) is 31.5. The minimum atomic E-state index is -0.411. The van der Waals surface area contributed by atoms with Gasteiger partial charge in [0, 0.05) is 30.7 Å². The van der Waals surface area contributed by atoms with Gasteiger partial charge in [0.05, 0.1) is 5.41 Å². The van der Waals surface area contributed by atoms with Gasteiger partial charge in [-0.25, -0.2) is 0 Å². The molecule has 9 heteroatoms. The zero-order valence-corrected chi connectivity index (χ0v) is 16.7. The molecule has 2 fully saturated rings. The SMILES string of the molecule is Cc1noc([C@]23C[C@H](NC(=O)c4cc(C)[nH]n4)C[C@H]2CN(C(=O)C(C)C)C3)n1. The van der Waals surface area contributed by atoms with Crippen LogP contribution in [0, 0.1) is 25.7 Å². The minimum absolute atomic E-state index is 0.0296. The summed E-state index contributed by atoms with van der Waals surface area (Å²) in [7, 11) is 0. The van der Waals surface area contributed by atoms with Crippen LogP contribution in [0.4, 0.5) is 0 Å². The fraction of sp³-hybridized carbons (Fsp3) is 0.632. The van der Waals surface area contributed by atoms with Gasteiger partial charge in [0.25, 0.3) is 5.91 Å². The predicted molar refractivity (Wildman–Crippen MR) is 99.4 cm³/mol. The Morgan fingerprint density at radius 3 is 2.79 bits per heavy atom. The molecule has 4 rings (SSSR count). The third-order valence-electron chi connectivity index (χ3n) is 5.91. The maximum atomic E-state index is 12.6. The van der Waals surface area contributed by atoms with Crippen LogP contribution in [0.2, 0.25) is 0 Å². The number of likely N-dealkylation sites (tertiary alicyclic amines) is 1. The number of hydrogen-bond donors (Lipinski definition) is 2. The molecule has 28 heavy (non-hydrogen) atoms. The molecule has 1 aliphatic heterocycles. The molecular weight excluding hydrogens is 360 g/mol. The lowest BCUT2D eigenvalue weighted by atomic mass is 9.80. The molecule has 150 valence electrons. The van der Waals surface area contributed by atoms with Crippen LogP contribution in [-0.4, -0.2) is 56.2 Å². The topological polar surface area (TPSA) is 117 Å². The van der Waals surface area contributed by atoms with E-state index in [4.69, 9.17) is 4.52 Å². The van der Waals surface area contributed by atoms with Crippen LogP contribution in [0.15, 0.2) is 10.6 Å². The standard InChI is InChI=1S/C19H26N6O3/c1-10(2)17(27)25-8-13-6-14(21-16(26)15-5-11(3)22-23-15)7-19(13,9-25)18-20-12(4)24-28-18/h5,10,13-14H,6-9H2,1-4H3,(H,21,26)(H,22,23)/t13-,14+,19-/m0/s1. The summed E-state index contributed by atoms with van der Waals surface area (Å²) >= 11 is 0. The van der Waals surface area contributed by atoms with E-state index in [1.54, 1.807) is 13.0 Å². The molecule has 3 heterocycles. The Labute approximate surface area is 163 Å². The highest BCUT2D eigenvalue weighted by Gasteiger charge is 2.58. The number of H-pyrrole nitrogens is 1. The number of aryl methyl sites for hydroxylation is 2. The van der Waals surface area contributed by atoms with E-state index in [1.807, 2.05) is 25.7 Å². The molecule has 2 aromatic heterocycles. The van der Waals surface area contributed by atoms with E-state index in [0.29, 0.717) is 36.9 Å². The summed E-state index contributed by atoms with van der Waals surface area (Å²) < 4.78 is 5.55. The van der Waals surface area contributed by atoms with E-state index in [-0.39, 0.29) is 29.7 Å². The van der Waals surface area contributed by atoms with E-state index < -0.39 is 5.41 Å². The Bertz CT molecular complexity index is 903. The third-order valence-corrected chi connectivity index (χ3v) is 5.91. The number of aromatic nitrogens is 4. The van der Waals surface area contributed by atoms with E-state index >= 15 is 0 Å². The smallest absolute Gasteiger partial charge is 0.271 e. The molecule has 1 saturated carbocycles. The Hall–Kier alpha value is -2.71. The number of fused-ring (bicyclic) bond motifs is 1. The van der Waals surface area contributed by atoms with Crippen molar-refractivity contribution in [1.29, 1.82) is 0 Å². The number of hydrogen-bond acceptors (Lipinski definition) is 6. The maximum Gasteiger partial charge on any atom is 0.271 e.